The summed E-state index contributed by atoms with van der Waals surface area (Å²) in [6.45, 7) is 15.3. The number of carbonyl (C=O) groups is 2. The van der Waals surface area contributed by atoms with Crippen molar-refractivity contribution >= 4 is 11.9 Å². The Morgan fingerprint density at radius 1 is 1.10 bits per heavy atom. The molecule has 1 aliphatic heterocycles. The van der Waals surface area contributed by atoms with Gasteiger partial charge in [0, 0.05) is 11.8 Å². The predicted molar refractivity (Wildman–Crippen MR) is 149 cm³/mol. The summed E-state index contributed by atoms with van der Waals surface area (Å²) in [5.41, 5.74) is -1.54. The van der Waals surface area contributed by atoms with Crippen LogP contribution in [0.1, 0.15) is 119 Å². The number of cyclic esters (lactones) is 1. The van der Waals surface area contributed by atoms with E-state index in [9.17, 15) is 19.8 Å². The van der Waals surface area contributed by atoms with Crippen molar-refractivity contribution in [2.75, 3.05) is 0 Å². The van der Waals surface area contributed by atoms with E-state index in [0.717, 1.165) is 38.5 Å². The maximum atomic E-state index is 13.4. The molecule has 2 N–H and O–H groups in total. The Morgan fingerprint density at radius 3 is 2.46 bits per heavy atom. The zero-order valence-corrected chi connectivity index (χ0v) is 25.5. The Morgan fingerprint density at radius 2 is 1.82 bits per heavy atom. The number of rotatable bonds is 5. The molecule has 4 saturated carbocycles. The molecule has 0 aromatic heterocycles. The third-order valence-electron chi connectivity index (χ3n) is 13.0. The van der Waals surface area contributed by atoms with E-state index in [1.165, 1.54) is 12.8 Å². The fourth-order valence-corrected chi connectivity index (χ4v) is 10.2. The van der Waals surface area contributed by atoms with Crippen molar-refractivity contribution < 1.29 is 29.3 Å². The van der Waals surface area contributed by atoms with Crippen LogP contribution in [0.3, 0.4) is 0 Å². The van der Waals surface area contributed by atoms with Gasteiger partial charge >= 0.3 is 11.9 Å². The van der Waals surface area contributed by atoms with E-state index in [0.29, 0.717) is 36.5 Å². The van der Waals surface area contributed by atoms with Crippen LogP contribution in [0.4, 0.5) is 0 Å². The van der Waals surface area contributed by atoms with Crippen LogP contribution in [0, 0.1) is 51.8 Å². The van der Waals surface area contributed by atoms with E-state index < -0.39 is 29.2 Å². The highest BCUT2D eigenvalue weighted by Gasteiger charge is 2.66. The molecule has 11 atom stereocenters. The summed E-state index contributed by atoms with van der Waals surface area (Å²) < 4.78 is 12.3. The molecule has 0 amide bonds. The Kier molecular flexibility index (Phi) is 7.52. The summed E-state index contributed by atoms with van der Waals surface area (Å²) in [5.74, 6) is 1.67. The molecule has 0 aromatic rings. The van der Waals surface area contributed by atoms with Crippen molar-refractivity contribution in [2.45, 2.75) is 143 Å². The van der Waals surface area contributed by atoms with Gasteiger partial charge in [-0.2, -0.15) is 0 Å². The van der Waals surface area contributed by atoms with Gasteiger partial charge in [-0.05, 0) is 106 Å². The van der Waals surface area contributed by atoms with E-state index in [4.69, 9.17) is 9.47 Å². The zero-order chi connectivity index (χ0) is 28.5. The Labute approximate surface area is 236 Å². The molecule has 5 aliphatic rings. The molecule has 0 spiro atoms. The summed E-state index contributed by atoms with van der Waals surface area (Å²) in [4.78, 5) is 25.7. The van der Waals surface area contributed by atoms with E-state index in [-0.39, 0.29) is 41.2 Å². The summed E-state index contributed by atoms with van der Waals surface area (Å²) >= 11 is 0. The van der Waals surface area contributed by atoms with Crippen molar-refractivity contribution in [3.8, 4) is 0 Å². The molecule has 1 heterocycles. The number of aliphatic hydroxyl groups excluding tert-OH is 1. The lowest BCUT2D eigenvalue weighted by atomic mass is 9.41. The molecule has 222 valence electrons. The van der Waals surface area contributed by atoms with Crippen LogP contribution in [0.2, 0.25) is 0 Å². The van der Waals surface area contributed by atoms with Gasteiger partial charge in [0.25, 0.3) is 0 Å². The molecule has 6 nitrogen and oxygen atoms in total. The van der Waals surface area contributed by atoms with Gasteiger partial charge in [-0.25, -0.2) is 0 Å². The summed E-state index contributed by atoms with van der Waals surface area (Å²) in [6, 6.07) is 0. The van der Waals surface area contributed by atoms with Gasteiger partial charge in [-0.1, -0.05) is 41.0 Å². The largest absolute Gasteiger partial charge is 0.461 e. The fraction of sp³-hybridized carbons (Fsp3) is 0.939. The van der Waals surface area contributed by atoms with Gasteiger partial charge < -0.3 is 19.7 Å². The topological polar surface area (TPSA) is 93.1 Å². The first-order valence-corrected chi connectivity index (χ1v) is 16.0. The van der Waals surface area contributed by atoms with E-state index in [1.54, 1.807) is 0 Å². The molecular formula is C33H54O6. The van der Waals surface area contributed by atoms with Crippen molar-refractivity contribution in [3.63, 3.8) is 0 Å². The van der Waals surface area contributed by atoms with Crippen molar-refractivity contribution in [3.05, 3.63) is 0 Å². The smallest absolute Gasteiger partial charge is 0.311 e. The van der Waals surface area contributed by atoms with Gasteiger partial charge in [0.1, 0.15) is 17.8 Å². The molecule has 6 heteroatoms. The zero-order valence-electron chi connectivity index (χ0n) is 25.5. The second-order valence-corrected chi connectivity index (χ2v) is 15.7. The lowest BCUT2D eigenvalue weighted by Crippen LogP contribution is -2.65. The minimum Gasteiger partial charge on any atom is -0.461 e. The number of hydrogen-bond acceptors (Lipinski definition) is 6. The van der Waals surface area contributed by atoms with Crippen molar-refractivity contribution in [1.29, 1.82) is 0 Å². The number of ether oxygens (including phenoxy) is 2. The minimum absolute atomic E-state index is 0.0128. The first kappa shape index (κ1) is 29.4. The van der Waals surface area contributed by atoms with Crippen LogP contribution < -0.4 is 0 Å². The van der Waals surface area contributed by atoms with Crippen LogP contribution in [-0.4, -0.2) is 46.1 Å². The molecule has 0 bridgehead atoms. The van der Waals surface area contributed by atoms with Gasteiger partial charge in [-0.3, -0.25) is 9.59 Å². The van der Waals surface area contributed by atoms with Crippen LogP contribution in [0.25, 0.3) is 0 Å². The highest BCUT2D eigenvalue weighted by atomic mass is 16.6. The second kappa shape index (κ2) is 10.00. The van der Waals surface area contributed by atoms with E-state index in [1.807, 2.05) is 13.8 Å². The molecule has 39 heavy (non-hydrogen) atoms. The maximum Gasteiger partial charge on any atom is 0.311 e. The molecule has 1 saturated heterocycles. The molecular weight excluding hydrogens is 492 g/mol. The number of fused-ring (bicyclic) bond motifs is 5. The van der Waals surface area contributed by atoms with Gasteiger partial charge in [0.05, 0.1) is 17.9 Å². The molecule has 0 radical (unpaired) electrons. The predicted octanol–water partition coefficient (Wildman–Crippen LogP) is 6.06. The molecule has 0 unspecified atom stereocenters. The lowest BCUT2D eigenvalue weighted by Gasteiger charge is -2.65. The SMILES string of the molecule is CCC(C)(C)C(=O)O[C@H]1C[C@H]2[C@@H](CC[C@@H]3C[C@@](O)([C@@H]4C[C@H](O)CC(=O)O4)[C@@H](C(C)C)C[C@@]32C)[C@@H]2CCC[C@@]12C. The minimum atomic E-state index is -1.13. The molecule has 0 aromatic carbocycles. The maximum absolute atomic E-state index is 13.4. The lowest BCUT2D eigenvalue weighted by molar-refractivity contribution is -0.241. The first-order valence-electron chi connectivity index (χ1n) is 16.0. The molecule has 5 rings (SSSR count). The highest BCUT2D eigenvalue weighted by Crippen LogP contribution is 2.69. The standard InChI is InChI=1S/C33H54O6/c1-8-30(4,5)29(36)39-26-16-24-22(23-10-9-13-31(23,26)6)12-11-20-17-33(37,25(19(2)3)18-32(20,24)7)27-14-21(34)15-28(35)38-27/h19-27,34,37H,8-18H2,1-7H3/t20-,21+,22+,23+,24+,25-,26+,27+,31-,32+,33+/m1/s1. The van der Waals surface area contributed by atoms with Crippen molar-refractivity contribution in [2.24, 2.45) is 51.8 Å². The first-order chi connectivity index (χ1) is 18.2. The number of hydrogen-bond donors (Lipinski definition) is 2. The summed E-state index contributed by atoms with van der Waals surface area (Å²) in [6.07, 6.45) is 7.81. The van der Waals surface area contributed by atoms with Gasteiger partial charge in [0.15, 0.2) is 0 Å². The second-order valence-electron chi connectivity index (χ2n) is 15.7. The Hall–Kier alpha value is -1.14. The van der Waals surface area contributed by atoms with Crippen LogP contribution >= 0.6 is 0 Å². The average Bonchev–Trinajstić information content (AvgIpc) is 3.26. The van der Waals surface area contributed by atoms with Gasteiger partial charge in [0.2, 0.25) is 0 Å². The number of carbonyl (C=O) groups excluding carboxylic acids is 2. The Bertz CT molecular complexity index is 960. The summed E-state index contributed by atoms with van der Waals surface area (Å²) in [7, 11) is 0. The fourth-order valence-electron chi connectivity index (χ4n) is 10.2. The highest BCUT2D eigenvalue weighted by molar-refractivity contribution is 5.76. The molecule has 4 aliphatic carbocycles. The number of aliphatic hydroxyl groups is 2. The normalized spacial score (nSPS) is 48.1. The van der Waals surface area contributed by atoms with E-state index in [2.05, 4.69) is 34.6 Å². The van der Waals surface area contributed by atoms with Crippen LogP contribution in [0.5, 0.6) is 0 Å². The third-order valence-corrected chi connectivity index (χ3v) is 13.0. The Balaban J connectivity index is 1.46. The van der Waals surface area contributed by atoms with E-state index >= 15 is 0 Å². The van der Waals surface area contributed by atoms with Crippen LogP contribution in [-0.2, 0) is 19.1 Å². The third kappa shape index (κ3) is 4.68. The summed E-state index contributed by atoms with van der Waals surface area (Å²) in [5, 5.41) is 22.7. The van der Waals surface area contributed by atoms with Crippen molar-refractivity contribution in [1.82, 2.24) is 0 Å². The monoisotopic (exact) mass is 546 g/mol. The molecule has 5 fully saturated rings. The quantitative estimate of drug-likeness (QED) is 0.408. The van der Waals surface area contributed by atoms with Crippen LogP contribution in [0.15, 0.2) is 0 Å². The number of esters is 2. The average molecular weight is 547 g/mol. The van der Waals surface area contributed by atoms with Gasteiger partial charge in [-0.15, -0.1) is 0 Å².